The molecular weight excluding hydrogens is 484 g/mol. The fraction of sp³-hybridized carbons (Fsp3) is 0.731. The normalized spacial score (nSPS) is 22.3. The standard InChI is InChI=1S/C26H44N10O2/c1-16(20-12-9-13-20)30-24-21(23(28-4)31-25(32-24)22(27)33-37)36(14-19-10-7-6-8-11-19)15-29-17(2)26-35(5)18(3)34-38-26/h16-17,19-20,26,29,37H,4,6-15H2,1-3,5H3,(H2,27,33)(H,30,31,32)/t16-,17?,26?/m1/s1. The van der Waals surface area contributed by atoms with Gasteiger partial charge in [0.15, 0.2) is 11.6 Å². The molecule has 3 atom stereocenters. The Morgan fingerprint density at radius 1 is 1.18 bits per heavy atom. The van der Waals surface area contributed by atoms with Crippen molar-refractivity contribution in [2.45, 2.75) is 90.4 Å². The maximum Gasteiger partial charge on any atom is 0.216 e. The number of aromatic nitrogens is 2. The molecule has 2 fully saturated rings. The van der Waals surface area contributed by atoms with E-state index in [0.29, 0.717) is 30.1 Å². The van der Waals surface area contributed by atoms with Gasteiger partial charge in [-0.05, 0) is 65.0 Å². The highest BCUT2D eigenvalue weighted by Crippen LogP contribution is 2.38. The first-order valence-electron chi connectivity index (χ1n) is 13.9. The van der Waals surface area contributed by atoms with Crippen molar-refractivity contribution >= 4 is 35.7 Å². The van der Waals surface area contributed by atoms with Crippen molar-refractivity contribution in [2.24, 2.45) is 32.9 Å². The molecule has 210 valence electrons. The molecule has 1 aliphatic heterocycles. The number of hydrogen-bond donors (Lipinski definition) is 4. The quantitative estimate of drug-likeness (QED) is 0.105. The Morgan fingerprint density at radius 2 is 1.92 bits per heavy atom. The third-order valence-electron chi connectivity index (χ3n) is 8.31. The van der Waals surface area contributed by atoms with Crippen LogP contribution in [0.1, 0.15) is 78.0 Å². The van der Waals surface area contributed by atoms with Crippen LogP contribution in [0.3, 0.4) is 0 Å². The van der Waals surface area contributed by atoms with Crippen LogP contribution >= 0.6 is 0 Å². The summed E-state index contributed by atoms with van der Waals surface area (Å²) in [6.45, 7) is 11.4. The monoisotopic (exact) mass is 528 g/mol. The summed E-state index contributed by atoms with van der Waals surface area (Å²) in [4.78, 5) is 23.5. The SMILES string of the molecule is C=Nc1nc(/C(N)=N/O)nc(N[C@H](C)C2CCC2)c1N(CNC(C)C1ON=C(C)N1C)CC1CCCCC1. The maximum absolute atomic E-state index is 9.31. The van der Waals surface area contributed by atoms with Crippen LogP contribution in [0.2, 0.25) is 0 Å². The lowest BCUT2D eigenvalue weighted by Crippen LogP contribution is -2.50. The summed E-state index contributed by atoms with van der Waals surface area (Å²) >= 11 is 0. The summed E-state index contributed by atoms with van der Waals surface area (Å²) in [7, 11) is 1.98. The first-order valence-corrected chi connectivity index (χ1v) is 13.9. The molecule has 0 bridgehead atoms. The van der Waals surface area contributed by atoms with Gasteiger partial charge in [-0.25, -0.2) is 15.0 Å². The second kappa shape index (κ2) is 12.6. The fourth-order valence-electron chi connectivity index (χ4n) is 5.53. The van der Waals surface area contributed by atoms with E-state index < -0.39 is 0 Å². The molecule has 2 unspecified atom stereocenters. The van der Waals surface area contributed by atoms with Crippen LogP contribution in [0.5, 0.6) is 0 Å². The second-order valence-corrected chi connectivity index (χ2v) is 11.0. The summed E-state index contributed by atoms with van der Waals surface area (Å²) in [6.07, 6.45) is 9.59. The average Bonchev–Trinajstić information content (AvgIpc) is 3.22. The molecule has 2 saturated carbocycles. The molecule has 38 heavy (non-hydrogen) atoms. The summed E-state index contributed by atoms with van der Waals surface area (Å²) in [6, 6.07) is 0.206. The van der Waals surface area contributed by atoms with Gasteiger partial charge in [0, 0.05) is 19.6 Å². The number of amidine groups is 2. The zero-order valence-corrected chi connectivity index (χ0v) is 23.2. The minimum absolute atomic E-state index is 0.00198. The maximum atomic E-state index is 9.31. The van der Waals surface area contributed by atoms with Gasteiger partial charge in [0.2, 0.25) is 17.9 Å². The molecule has 5 N–H and O–H groups in total. The third-order valence-corrected chi connectivity index (χ3v) is 8.31. The largest absolute Gasteiger partial charge is 0.409 e. The summed E-state index contributed by atoms with van der Waals surface area (Å²) in [5.41, 5.74) is 6.69. The number of anilines is 2. The molecule has 12 heteroatoms. The van der Waals surface area contributed by atoms with E-state index in [1.165, 1.54) is 51.4 Å². The predicted octanol–water partition coefficient (Wildman–Crippen LogP) is 3.45. The van der Waals surface area contributed by atoms with Crippen LogP contribution < -0.4 is 21.3 Å². The van der Waals surface area contributed by atoms with E-state index in [0.717, 1.165) is 18.1 Å². The summed E-state index contributed by atoms with van der Waals surface area (Å²) in [5, 5.41) is 23.8. The van der Waals surface area contributed by atoms with Crippen LogP contribution in [0, 0.1) is 11.8 Å². The van der Waals surface area contributed by atoms with Crippen molar-refractivity contribution in [1.82, 2.24) is 20.2 Å². The zero-order valence-electron chi connectivity index (χ0n) is 23.2. The van der Waals surface area contributed by atoms with E-state index in [-0.39, 0.29) is 30.0 Å². The first kappa shape index (κ1) is 27.9. The Balaban J connectivity index is 1.66. The molecule has 3 aliphatic rings. The number of nitrogens with zero attached hydrogens (tertiary/aromatic N) is 7. The van der Waals surface area contributed by atoms with Crippen LogP contribution in [0.4, 0.5) is 17.3 Å². The molecule has 12 nitrogen and oxygen atoms in total. The lowest BCUT2D eigenvalue weighted by molar-refractivity contribution is -0.00331. The van der Waals surface area contributed by atoms with E-state index in [1.54, 1.807) is 0 Å². The van der Waals surface area contributed by atoms with Gasteiger partial charge in [0.05, 0.1) is 12.7 Å². The fourth-order valence-corrected chi connectivity index (χ4v) is 5.53. The van der Waals surface area contributed by atoms with Gasteiger partial charge in [-0.2, -0.15) is 0 Å². The number of oxime groups is 2. The van der Waals surface area contributed by atoms with Gasteiger partial charge >= 0.3 is 0 Å². The zero-order chi connectivity index (χ0) is 27.2. The number of hydrogen-bond acceptors (Lipinski definition) is 11. The van der Waals surface area contributed by atoms with Crippen LogP contribution in [0.15, 0.2) is 15.3 Å². The molecule has 1 aromatic heterocycles. The van der Waals surface area contributed by atoms with E-state index in [9.17, 15) is 5.21 Å². The van der Waals surface area contributed by atoms with Crippen molar-refractivity contribution < 1.29 is 10.0 Å². The van der Waals surface area contributed by atoms with Crippen LogP contribution in [-0.4, -0.2) is 77.0 Å². The highest BCUT2D eigenvalue weighted by Gasteiger charge is 2.32. The number of rotatable bonds is 12. The molecule has 0 aromatic carbocycles. The molecule has 4 rings (SSSR count). The summed E-state index contributed by atoms with van der Waals surface area (Å²) in [5.74, 6) is 2.97. The van der Waals surface area contributed by atoms with Crippen LogP contribution in [-0.2, 0) is 4.84 Å². The molecular formula is C26H44N10O2. The lowest BCUT2D eigenvalue weighted by Gasteiger charge is -2.36. The highest BCUT2D eigenvalue weighted by molar-refractivity contribution is 5.95. The first-order chi connectivity index (χ1) is 18.3. The van der Waals surface area contributed by atoms with Crippen molar-refractivity contribution in [2.75, 3.05) is 30.5 Å². The Labute approximate surface area is 225 Å². The van der Waals surface area contributed by atoms with Gasteiger partial charge in [-0.3, -0.25) is 5.32 Å². The molecule has 0 amide bonds. The lowest BCUT2D eigenvalue weighted by atomic mass is 9.80. The van der Waals surface area contributed by atoms with E-state index in [1.807, 2.05) is 18.9 Å². The van der Waals surface area contributed by atoms with E-state index in [2.05, 4.69) is 56.4 Å². The topological polar surface area (TPSA) is 149 Å². The van der Waals surface area contributed by atoms with Gasteiger partial charge in [0.1, 0.15) is 11.5 Å². The Bertz CT molecular complexity index is 1020. The minimum atomic E-state index is -0.195. The van der Waals surface area contributed by atoms with Gasteiger partial charge in [-0.15, -0.1) is 0 Å². The molecule has 0 saturated heterocycles. The molecule has 2 heterocycles. The molecule has 1 aromatic rings. The number of likely N-dealkylation sites (N-methyl/N-ethyl adjacent to an activating group) is 1. The smallest absolute Gasteiger partial charge is 0.216 e. The third kappa shape index (κ3) is 6.28. The van der Waals surface area contributed by atoms with Crippen molar-refractivity contribution in [3.8, 4) is 0 Å². The van der Waals surface area contributed by atoms with Gasteiger partial charge in [0.25, 0.3) is 0 Å². The molecule has 0 radical (unpaired) electrons. The minimum Gasteiger partial charge on any atom is -0.409 e. The second-order valence-electron chi connectivity index (χ2n) is 11.0. The van der Waals surface area contributed by atoms with Crippen LogP contribution in [0.25, 0.3) is 0 Å². The predicted molar refractivity (Wildman–Crippen MR) is 151 cm³/mol. The number of nitrogens with one attached hydrogen (secondary N) is 2. The molecule has 0 spiro atoms. The van der Waals surface area contributed by atoms with E-state index >= 15 is 0 Å². The number of aliphatic imine (C=N–C) groups is 1. The number of nitrogens with two attached hydrogens (primary N) is 1. The highest BCUT2D eigenvalue weighted by atomic mass is 16.7. The Hall–Kier alpha value is -3.15. The Kier molecular flexibility index (Phi) is 9.24. The van der Waals surface area contributed by atoms with Crippen molar-refractivity contribution in [1.29, 1.82) is 0 Å². The Morgan fingerprint density at radius 3 is 2.50 bits per heavy atom. The average molecular weight is 529 g/mol. The van der Waals surface area contributed by atoms with Crippen molar-refractivity contribution in [3.05, 3.63) is 5.82 Å². The van der Waals surface area contributed by atoms with E-state index in [4.69, 9.17) is 15.6 Å². The summed E-state index contributed by atoms with van der Waals surface area (Å²) < 4.78 is 0. The molecule has 2 aliphatic carbocycles. The van der Waals surface area contributed by atoms with Gasteiger partial charge < -0.3 is 30.9 Å². The van der Waals surface area contributed by atoms with Gasteiger partial charge in [-0.1, -0.05) is 36.0 Å². The van der Waals surface area contributed by atoms with Crippen molar-refractivity contribution in [3.63, 3.8) is 0 Å².